The Kier molecular flexibility index (Phi) is 6.69. The molecule has 2 aromatic carbocycles. The van der Waals surface area contributed by atoms with Gasteiger partial charge in [-0.05, 0) is 42.5 Å². The number of benzene rings is 2. The lowest BCUT2D eigenvalue weighted by Gasteiger charge is -2.17. The fraction of sp³-hybridized carbons (Fsp3) is 0.192. The summed E-state index contributed by atoms with van der Waals surface area (Å²) in [6, 6.07) is 20.9. The van der Waals surface area contributed by atoms with E-state index >= 15 is 0 Å². The number of hydrogen-bond donors (Lipinski definition) is 0. The molecule has 0 N–H and O–H groups in total. The summed E-state index contributed by atoms with van der Waals surface area (Å²) in [7, 11) is 4.99. The van der Waals surface area contributed by atoms with Crippen molar-refractivity contribution in [3.63, 3.8) is 0 Å². The van der Waals surface area contributed by atoms with Crippen molar-refractivity contribution in [3.05, 3.63) is 90.4 Å². The van der Waals surface area contributed by atoms with Gasteiger partial charge in [-0.2, -0.15) is 5.10 Å². The number of carbonyl (C=O) groups excluding carboxylic acids is 1. The van der Waals surface area contributed by atoms with Gasteiger partial charge in [-0.1, -0.05) is 24.3 Å². The lowest BCUT2D eigenvalue weighted by molar-refractivity contribution is 0.0797. The zero-order valence-electron chi connectivity index (χ0n) is 18.9. The Morgan fingerprint density at radius 3 is 2.48 bits per heavy atom. The van der Waals surface area contributed by atoms with Crippen molar-refractivity contribution in [1.82, 2.24) is 19.7 Å². The van der Waals surface area contributed by atoms with Crippen LogP contribution in [0.3, 0.4) is 0 Å². The van der Waals surface area contributed by atoms with Gasteiger partial charge in [-0.25, -0.2) is 4.68 Å². The molecule has 0 spiro atoms. The topological polar surface area (TPSA) is 69.5 Å². The van der Waals surface area contributed by atoms with E-state index in [1.807, 2.05) is 66.7 Å². The van der Waals surface area contributed by atoms with Gasteiger partial charge in [-0.15, -0.1) is 0 Å². The Morgan fingerprint density at radius 1 is 1.00 bits per heavy atom. The Labute approximate surface area is 193 Å². The van der Waals surface area contributed by atoms with Crippen molar-refractivity contribution < 1.29 is 14.3 Å². The van der Waals surface area contributed by atoms with Gasteiger partial charge in [0.25, 0.3) is 5.91 Å². The van der Waals surface area contributed by atoms with Gasteiger partial charge in [0, 0.05) is 43.7 Å². The molecule has 7 heteroatoms. The van der Waals surface area contributed by atoms with E-state index in [9.17, 15) is 4.79 Å². The highest BCUT2D eigenvalue weighted by molar-refractivity contribution is 6.00. The standard InChI is InChI=1S/C26H26N4O3/c1-29(16-14-19-9-7-8-15-27-19)26(31)23-18-30(20-10-5-4-6-11-20)28-25(23)22-17-21(32-2)12-13-24(22)33-3/h4-13,15,17-18H,14,16H2,1-3H3. The summed E-state index contributed by atoms with van der Waals surface area (Å²) < 4.78 is 12.7. The van der Waals surface area contributed by atoms with E-state index in [-0.39, 0.29) is 5.91 Å². The molecule has 0 fully saturated rings. The van der Waals surface area contributed by atoms with Gasteiger partial charge in [0.15, 0.2) is 0 Å². The number of rotatable bonds is 8. The van der Waals surface area contributed by atoms with Gasteiger partial charge < -0.3 is 14.4 Å². The van der Waals surface area contributed by atoms with Crippen LogP contribution in [0.5, 0.6) is 11.5 Å². The monoisotopic (exact) mass is 442 g/mol. The van der Waals surface area contributed by atoms with Crippen molar-refractivity contribution >= 4 is 5.91 Å². The normalized spacial score (nSPS) is 10.6. The van der Waals surface area contributed by atoms with Crippen LogP contribution < -0.4 is 9.47 Å². The van der Waals surface area contributed by atoms with Gasteiger partial charge in [0.2, 0.25) is 0 Å². The Bertz CT molecular complexity index is 1220. The minimum absolute atomic E-state index is 0.131. The molecule has 0 saturated heterocycles. The third-order valence-corrected chi connectivity index (χ3v) is 5.40. The number of methoxy groups -OCH3 is 2. The molecule has 2 aromatic heterocycles. The minimum atomic E-state index is -0.131. The van der Waals surface area contributed by atoms with Crippen LogP contribution >= 0.6 is 0 Å². The fourth-order valence-corrected chi connectivity index (χ4v) is 3.58. The van der Waals surface area contributed by atoms with Crippen LogP contribution in [-0.2, 0) is 6.42 Å². The number of para-hydroxylation sites is 1. The lowest BCUT2D eigenvalue weighted by Crippen LogP contribution is -2.29. The summed E-state index contributed by atoms with van der Waals surface area (Å²) in [5.74, 6) is 1.13. The van der Waals surface area contributed by atoms with E-state index in [2.05, 4.69) is 4.98 Å². The number of likely N-dealkylation sites (N-methyl/N-ethyl adjacent to an activating group) is 1. The van der Waals surface area contributed by atoms with Crippen molar-refractivity contribution in [2.24, 2.45) is 0 Å². The van der Waals surface area contributed by atoms with E-state index < -0.39 is 0 Å². The second kappa shape index (κ2) is 9.99. The third-order valence-electron chi connectivity index (χ3n) is 5.40. The second-order valence-corrected chi connectivity index (χ2v) is 7.54. The van der Waals surface area contributed by atoms with Crippen LogP contribution in [0.25, 0.3) is 16.9 Å². The van der Waals surface area contributed by atoms with Crippen LogP contribution in [0.2, 0.25) is 0 Å². The summed E-state index contributed by atoms with van der Waals surface area (Å²) in [4.78, 5) is 19.6. The van der Waals surface area contributed by atoms with Crippen LogP contribution in [0.4, 0.5) is 0 Å². The second-order valence-electron chi connectivity index (χ2n) is 7.54. The first-order valence-electron chi connectivity index (χ1n) is 10.6. The summed E-state index contributed by atoms with van der Waals surface area (Å²) in [5, 5.41) is 4.78. The highest BCUT2D eigenvalue weighted by atomic mass is 16.5. The largest absolute Gasteiger partial charge is 0.497 e. The maximum Gasteiger partial charge on any atom is 0.257 e. The van der Waals surface area contributed by atoms with Crippen LogP contribution in [0, 0.1) is 0 Å². The number of nitrogens with zero attached hydrogens (tertiary/aromatic N) is 4. The Morgan fingerprint density at radius 2 is 1.79 bits per heavy atom. The number of amides is 1. The van der Waals surface area contributed by atoms with Crippen molar-refractivity contribution in [3.8, 4) is 28.4 Å². The molecular weight excluding hydrogens is 416 g/mol. The molecule has 7 nitrogen and oxygen atoms in total. The summed E-state index contributed by atoms with van der Waals surface area (Å²) in [5.41, 5.74) is 3.49. The van der Waals surface area contributed by atoms with Crippen LogP contribution in [-0.4, -0.2) is 53.4 Å². The van der Waals surface area contributed by atoms with E-state index in [1.54, 1.807) is 43.2 Å². The van der Waals surface area contributed by atoms with Gasteiger partial charge in [-0.3, -0.25) is 9.78 Å². The smallest absolute Gasteiger partial charge is 0.257 e. The third kappa shape index (κ3) is 4.87. The van der Waals surface area contributed by atoms with Gasteiger partial charge >= 0.3 is 0 Å². The van der Waals surface area contributed by atoms with E-state index in [4.69, 9.17) is 14.6 Å². The molecule has 1 amide bonds. The molecule has 0 radical (unpaired) electrons. The molecule has 2 heterocycles. The van der Waals surface area contributed by atoms with Crippen LogP contribution in [0.15, 0.2) is 79.1 Å². The summed E-state index contributed by atoms with van der Waals surface area (Å²) >= 11 is 0. The molecule has 0 aliphatic carbocycles. The maximum absolute atomic E-state index is 13.5. The zero-order valence-corrected chi connectivity index (χ0v) is 18.9. The minimum Gasteiger partial charge on any atom is -0.497 e. The predicted molar refractivity (Wildman–Crippen MR) is 127 cm³/mol. The molecule has 4 rings (SSSR count). The number of carbonyl (C=O) groups is 1. The number of aromatic nitrogens is 3. The van der Waals surface area contributed by atoms with E-state index in [0.717, 1.165) is 11.4 Å². The fourth-order valence-electron chi connectivity index (χ4n) is 3.58. The van der Waals surface area contributed by atoms with Gasteiger partial charge in [0.05, 0.1) is 25.5 Å². The summed E-state index contributed by atoms with van der Waals surface area (Å²) in [6.07, 6.45) is 4.19. The molecule has 0 bridgehead atoms. The maximum atomic E-state index is 13.5. The van der Waals surface area contributed by atoms with Crippen LogP contribution in [0.1, 0.15) is 16.1 Å². The first-order valence-corrected chi connectivity index (χ1v) is 10.6. The van der Waals surface area contributed by atoms with E-state index in [1.165, 1.54) is 0 Å². The number of hydrogen-bond acceptors (Lipinski definition) is 5. The molecule has 0 aliphatic heterocycles. The molecule has 168 valence electrons. The Hall–Kier alpha value is -4.13. The molecule has 0 aliphatic rings. The lowest BCUT2D eigenvalue weighted by atomic mass is 10.1. The first kappa shape index (κ1) is 22.1. The molecule has 4 aromatic rings. The molecular formula is C26H26N4O3. The van der Waals surface area contributed by atoms with E-state index in [0.29, 0.717) is 41.3 Å². The molecule has 0 atom stereocenters. The number of pyridine rings is 1. The number of ether oxygens (including phenoxy) is 2. The molecule has 33 heavy (non-hydrogen) atoms. The molecule has 0 saturated carbocycles. The summed E-state index contributed by atoms with van der Waals surface area (Å²) in [6.45, 7) is 0.529. The highest BCUT2D eigenvalue weighted by Gasteiger charge is 2.24. The average Bonchev–Trinajstić information content (AvgIpc) is 3.33. The van der Waals surface area contributed by atoms with Crippen molar-refractivity contribution in [2.45, 2.75) is 6.42 Å². The van der Waals surface area contributed by atoms with Gasteiger partial charge in [0.1, 0.15) is 17.2 Å². The average molecular weight is 443 g/mol. The van der Waals surface area contributed by atoms with Crippen molar-refractivity contribution in [2.75, 3.05) is 27.8 Å². The predicted octanol–water partition coefficient (Wildman–Crippen LogP) is 4.27. The molecule has 0 unspecified atom stereocenters. The Balaban J connectivity index is 1.73. The zero-order chi connectivity index (χ0) is 23.2. The highest BCUT2D eigenvalue weighted by Crippen LogP contribution is 2.35. The first-order chi connectivity index (χ1) is 16.1. The SMILES string of the molecule is COc1ccc(OC)c(-c2nn(-c3ccccc3)cc2C(=O)N(C)CCc2ccccn2)c1. The van der Waals surface area contributed by atoms with Crippen molar-refractivity contribution in [1.29, 1.82) is 0 Å². The quantitative estimate of drug-likeness (QED) is 0.408.